The van der Waals surface area contributed by atoms with Crippen molar-refractivity contribution >= 4 is 17.5 Å². The topological polar surface area (TPSA) is 39.2 Å². The minimum absolute atomic E-state index is 0.209. The van der Waals surface area contributed by atoms with Crippen LogP contribution in [-0.4, -0.2) is 17.5 Å². The molecule has 0 saturated heterocycles. The summed E-state index contributed by atoms with van der Waals surface area (Å²) in [5, 5.41) is 1.86. The predicted molar refractivity (Wildman–Crippen MR) is 68.2 cm³/mol. The second-order valence-corrected chi connectivity index (χ2v) is 4.38. The number of hydrogen-bond acceptors (Lipinski definition) is 4. The predicted octanol–water partition coefficient (Wildman–Crippen LogP) is 3.30. The minimum Gasteiger partial charge on any atom is -0.465 e. The summed E-state index contributed by atoms with van der Waals surface area (Å²) in [6.45, 7) is 1.99. The van der Waals surface area contributed by atoms with E-state index in [4.69, 9.17) is 0 Å². The molecule has 3 nitrogen and oxygen atoms in total. The van der Waals surface area contributed by atoms with Crippen LogP contribution in [0.1, 0.15) is 23.0 Å². The fraction of sp³-hybridized carbons (Fsp3) is 0.231. The SMILES string of the molecule is CCc1nscc1-c1cc(F)cc(C(=O)OC)c1. The Morgan fingerprint density at radius 3 is 2.89 bits per heavy atom. The Kier molecular flexibility index (Phi) is 3.72. The number of carbonyl (C=O) groups is 1. The number of rotatable bonds is 3. The quantitative estimate of drug-likeness (QED) is 0.799. The Hall–Kier alpha value is -1.75. The lowest BCUT2D eigenvalue weighted by molar-refractivity contribution is 0.0600. The molecule has 5 heteroatoms. The molecular weight excluding hydrogens is 253 g/mol. The highest BCUT2D eigenvalue weighted by Crippen LogP contribution is 2.27. The van der Waals surface area contributed by atoms with Gasteiger partial charge in [0.15, 0.2) is 0 Å². The molecule has 0 unspecified atom stereocenters. The third-order valence-corrected chi connectivity index (χ3v) is 3.28. The third-order valence-electron chi connectivity index (χ3n) is 2.61. The zero-order chi connectivity index (χ0) is 13.1. The van der Waals surface area contributed by atoms with E-state index in [-0.39, 0.29) is 5.56 Å². The first-order valence-electron chi connectivity index (χ1n) is 5.48. The second-order valence-electron chi connectivity index (χ2n) is 3.75. The average molecular weight is 265 g/mol. The van der Waals surface area contributed by atoms with Crippen LogP contribution < -0.4 is 0 Å². The van der Waals surface area contributed by atoms with E-state index in [1.54, 1.807) is 6.07 Å². The smallest absolute Gasteiger partial charge is 0.337 e. The van der Waals surface area contributed by atoms with E-state index < -0.39 is 11.8 Å². The molecule has 94 valence electrons. The molecule has 0 aliphatic rings. The van der Waals surface area contributed by atoms with Gasteiger partial charge in [-0.25, -0.2) is 9.18 Å². The molecule has 0 fully saturated rings. The Morgan fingerprint density at radius 1 is 1.44 bits per heavy atom. The van der Waals surface area contributed by atoms with Gasteiger partial charge in [0, 0.05) is 10.9 Å². The normalized spacial score (nSPS) is 10.4. The molecule has 1 aromatic carbocycles. The first-order chi connectivity index (χ1) is 8.65. The van der Waals surface area contributed by atoms with E-state index in [1.165, 1.54) is 30.8 Å². The van der Waals surface area contributed by atoms with E-state index >= 15 is 0 Å². The number of carbonyl (C=O) groups excluding carboxylic acids is 1. The number of aryl methyl sites for hydroxylation is 1. The van der Waals surface area contributed by atoms with Crippen LogP contribution in [0.15, 0.2) is 23.6 Å². The fourth-order valence-electron chi connectivity index (χ4n) is 1.73. The molecule has 2 aromatic rings. The standard InChI is InChI=1S/C13H12FNO2S/c1-3-12-11(7-18-15-12)8-4-9(13(16)17-2)6-10(14)5-8/h4-7H,3H2,1-2H3. The molecule has 0 bridgehead atoms. The van der Waals surface area contributed by atoms with Crippen molar-refractivity contribution < 1.29 is 13.9 Å². The van der Waals surface area contributed by atoms with Crippen molar-refractivity contribution in [1.29, 1.82) is 0 Å². The van der Waals surface area contributed by atoms with Gasteiger partial charge in [-0.15, -0.1) is 0 Å². The van der Waals surface area contributed by atoms with Crippen LogP contribution in [0, 0.1) is 5.82 Å². The second kappa shape index (κ2) is 5.27. The maximum atomic E-state index is 13.5. The fourth-order valence-corrected chi connectivity index (χ4v) is 2.52. The molecule has 0 amide bonds. The van der Waals surface area contributed by atoms with Crippen molar-refractivity contribution in [3.63, 3.8) is 0 Å². The Bertz CT molecular complexity index is 580. The highest BCUT2D eigenvalue weighted by Gasteiger charge is 2.13. The maximum Gasteiger partial charge on any atom is 0.337 e. The van der Waals surface area contributed by atoms with Crippen molar-refractivity contribution in [2.45, 2.75) is 13.3 Å². The van der Waals surface area contributed by atoms with Crippen LogP contribution in [0.3, 0.4) is 0 Å². The van der Waals surface area contributed by atoms with Crippen LogP contribution in [0.4, 0.5) is 4.39 Å². The average Bonchev–Trinajstić information content (AvgIpc) is 2.85. The minimum atomic E-state index is -0.544. The van der Waals surface area contributed by atoms with Crippen LogP contribution in [0.2, 0.25) is 0 Å². The summed E-state index contributed by atoms with van der Waals surface area (Å²) in [7, 11) is 1.27. The van der Waals surface area contributed by atoms with Gasteiger partial charge in [0.2, 0.25) is 0 Å². The number of ether oxygens (including phenoxy) is 1. The number of esters is 1. The van der Waals surface area contributed by atoms with Crippen LogP contribution in [0.5, 0.6) is 0 Å². The summed E-state index contributed by atoms with van der Waals surface area (Å²) < 4.78 is 22.4. The van der Waals surface area contributed by atoms with E-state index in [0.29, 0.717) is 5.56 Å². The summed E-state index contributed by atoms with van der Waals surface area (Å²) in [6, 6.07) is 4.19. The summed E-state index contributed by atoms with van der Waals surface area (Å²) in [5.74, 6) is -1.00. The molecule has 1 aromatic heterocycles. The number of halogens is 1. The Labute approximate surface area is 108 Å². The summed E-state index contributed by atoms with van der Waals surface area (Å²) in [5.41, 5.74) is 2.63. The highest BCUT2D eigenvalue weighted by molar-refractivity contribution is 7.04. The van der Waals surface area contributed by atoms with Gasteiger partial charge < -0.3 is 4.74 Å². The van der Waals surface area contributed by atoms with Crippen LogP contribution >= 0.6 is 11.5 Å². The molecule has 2 rings (SSSR count). The molecule has 0 aliphatic carbocycles. The van der Waals surface area contributed by atoms with E-state index in [9.17, 15) is 9.18 Å². The lowest BCUT2D eigenvalue weighted by Crippen LogP contribution is -2.02. The van der Waals surface area contributed by atoms with Gasteiger partial charge in [-0.05, 0) is 41.7 Å². The summed E-state index contributed by atoms with van der Waals surface area (Å²) in [6.07, 6.45) is 0.767. The first-order valence-corrected chi connectivity index (χ1v) is 6.32. The van der Waals surface area contributed by atoms with Gasteiger partial charge >= 0.3 is 5.97 Å². The van der Waals surface area contributed by atoms with Crippen molar-refractivity contribution in [1.82, 2.24) is 4.37 Å². The van der Waals surface area contributed by atoms with E-state index in [1.807, 2.05) is 12.3 Å². The van der Waals surface area contributed by atoms with Crippen molar-refractivity contribution in [3.8, 4) is 11.1 Å². The monoisotopic (exact) mass is 265 g/mol. The Balaban J connectivity index is 2.51. The molecule has 1 heterocycles. The molecule has 0 atom stereocenters. The molecule has 0 radical (unpaired) electrons. The van der Waals surface area contributed by atoms with Gasteiger partial charge in [0.25, 0.3) is 0 Å². The number of aromatic nitrogens is 1. The van der Waals surface area contributed by atoms with Crippen molar-refractivity contribution in [2.75, 3.05) is 7.11 Å². The molecule has 0 aliphatic heterocycles. The van der Waals surface area contributed by atoms with Gasteiger partial charge in [-0.2, -0.15) is 4.37 Å². The van der Waals surface area contributed by atoms with Crippen LogP contribution in [-0.2, 0) is 11.2 Å². The van der Waals surface area contributed by atoms with Gasteiger partial charge in [0.1, 0.15) is 5.82 Å². The first kappa shape index (κ1) is 12.7. The maximum absolute atomic E-state index is 13.5. The Morgan fingerprint density at radius 2 is 2.22 bits per heavy atom. The van der Waals surface area contributed by atoms with Gasteiger partial charge in [0.05, 0.1) is 18.4 Å². The number of methoxy groups -OCH3 is 1. The summed E-state index contributed by atoms with van der Waals surface area (Å²) in [4.78, 5) is 11.4. The molecule has 0 N–H and O–H groups in total. The lowest BCUT2D eigenvalue weighted by atomic mass is 10.0. The zero-order valence-electron chi connectivity index (χ0n) is 10.1. The number of hydrogen-bond donors (Lipinski definition) is 0. The largest absolute Gasteiger partial charge is 0.465 e. The molecule has 0 saturated carbocycles. The molecule has 18 heavy (non-hydrogen) atoms. The molecule has 0 spiro atoms. The molecular formula is C13H12FNO2S. The summed E-state index contributed by atoms with van der Waals surface area (Å²) >= 11 is 1.32. The van der Waals surface area contributed by atoms with E-state index in [0.717, 1.165) is 17.7 Å². The van der Waals surface area contributed by atoms with E-state index in [2.05, 4.69) is 9.11 Å². The van der Waals surface area contributed by atoms with Crippen molar-refractivity contribution in [3.05, 3.63) is 40.7 Å². The highest BCUT2D eigenvalue weighted by atomic mass is 32.1. The van der Waals surface area contributed by atoms with Crippen LogP contribution in [0.25, 0.3) is 11.1 Å². The zero-order valence-corrected chi connectivity index (χ0v) is 10.9. The van der Waals surface area contributed by atoms with Gasteiger partial charge in [-0.3, -0.25) is 0 Å². The number of benzene rings is 1. The van der Waals surface area contributed by atoms with Gasteiger partial charge in [-0.1, -0.05) is 6.92 Å². The lowest BCUT2D eigenvalue weighted by Gasteiger charge is -2.05. The number of nitrogens with zero attached hydrogens (tertiary/aromatic N) is 1. The third kappa shape index (κ3) is 2.41. The van der Waals surface area contributed by atoms with Crippen molar-refractivity contribution in [2.24, 2.45) is 0 Å².